The Morgan fingerprint density at radius 2 is 1.40 bits per heavy atom. The molecule has 0 radical (unpaired) electrons. The minimum atomic E-state index is 0.882. The molecular weight excluding hydrogens is 364 g/mol. The smallest absolute Gasteiger partial charge is 0.114 e. The number of hydrogen-bond donors (Lipinski definition) is 0. The van der Waals surface area contributed by atoms with Crippen LogP contribution >= 0.6 is 0 Å². The average Bonchev–Trinajstić information content (AvgIpc) is 3.13. The Kier molecular flexibility index (Phi) is 7.18. The molecular formula is C28H34N2. The number of fused-ring (bicyclic) bond motifs is 2. The Morgan fingerprint density at radius 1 is 0.700 bits per heavy atom. The van der Waals surface area contributed by atoms with E-state index in [1.807, 2.05) is 0 Å². The van der Waals surface area contributed by atoms with Gasteiger partial charge in [0.15, 0.2) is 0 Å². The highest BCUT2D eigenvalue weighted by Crippen LogP contribution is 2.24. The molecule has 0 spiro atoms. The molecule has 0 saturated carbocycles. The number of aromatic nitrogens is 2. The molecule has 0 N–H and O–H groups in total. The first-order chi connectivity index (χ1) is 14.9. The van der Waals surface area contributed by atoms with Crippen molar-refractivity contribution in [3.63, 3.8) is 0 Å². The number of nitrogens with zero attached hydrogens (tertiary/aromatic N) is 2. The fraction of sp³-hybridized carbons (Fsp3) is 0.393. The maximum atomic E-state index is 5.03. The highest BCUT2D eigenvalue weighted by molar-refractivity contribution is 5.86. The van der Waals surface area contributed by atoms with E-state index in [9.17, 15) is 0 Å². The number of benzene rings is 3. The van der Waals surface area contributed by atoms with Crippen LogP contribution in [0.4, 0.5) is 0 Å². The van der Waals surface area contributed by atoms with E-state index in [4.69, 9.17) is 4.98 Å². The standard InChI is InChI=1S/C28H34N2/c1-2-3-4-5-6-7-8-13-21-30-27-20-12-11-19-26(27)29-28(30)22-24-17-14-16-23-15-9-10-18-25(23)24/h9-12,14-20H,2-8,13,21-22H2,1H3. The molecule has 0 fully saturated rings. The zero-order valence-corrected chi connectivity index (χ0v) is 18.3. The van der Waals surface area contributed by atoms with Gasteiger partial charge in [0.2, 0.25) is 0 Å². The predicted octanol–water partition coefficient (Wildman–Crippen LogP) is 7.92. The summed E-state index contributed by atoms with van der Waals surface area (Å²) < 4.78 is 2.47. The van der Waals surface area contributed by atoms with Crippen LogP contribution in [-0.4, -0.2) is 9.55 Å². The minimum Gasteiger partial charge on any atom is -0.328 e. The summed E-state index contributed by atoms with van der Waals surface area (Å²) in [6.07, 6.45) is 11.7. The molecule has 0 atom stereocenters. The average molecular weight is 399 g/mol. The van der Waals surface area contributed by atoms with Crippen molar-refractivity contribution in [3.05, 3.63) is 78.1 Å². The van der Waals surface area contributed by atoms with Crippen LogP contribution in [0, 0.1) is 0 Å². The molecule has 156 valence electrons. The van der Waals surface area contributed by atoms with E-state index in [-0.39, 0.29) is 0 Å². The topological polar surface area (TPSA) is 17.8 Å². The lowest BCUT2D eigenvalue weighted by molar-refractivity contribution is 0.542. The Morgan fingerprint density at radius 3 is 2.27 bits per heavy atom. The molecule has 0 bridgehead atoms. The molecule has 2 heteroatoms. The van der Waals surface area contributed by atoms with E-state index in [1.165, 1.54) is 79.0 Å². The molecule has 4 aromatic rings. The molecule has 0 amide bonds. The van der Waals surface area contributed by atoms with Crippen LogP contribution in [0.25, 0.3) is 21.8 Å². The van der Waals surface area contributed by atoms with E-state index in [1.54, 1.807) is 0 Å². The largest absolute Gasteiger partial charge is 0.328 e. The number of imidazole rings is 1. The lowest BCUT2D eigenvalue weighted by Gasteiger charge is -2.11. The van der Waals surface area contributed by atoms with Gasteiger partial charge in [-0.3, -0.25) is 0 Å². The first-order valence-electron chi connectivity index (χ1n) is 11.8. The van der Waals surface area contributed by atoms with Crippen molar-refractivity contribution in [1.82, 2.24) is 9.55 Å². The third kappa shape index (κ3) is 4.92. The van der Waals surface area contributed by atoms with Gasteiger partial charge in [-0.15, -0.1) is 0 Å². The molecule has 0 aliphatic heterocycles. The normalized spacial score (nSPS) is 11.5. The first kappa shape index (κ1) is 20.7. The summed E-state index contributed by atoms with van der Waals surface area (Å²) in [7, 11) is 0. The molecule has 4 rings (SSSR count). The SMILES string of the molecule is CCCCCCCCCCn1c(Cc2cccc3ccccc23)nc2ccccc21. The molecule has 0 aliphatic rings. The first-order valence-corrected chi connectivity index (χ1v) is 11.8. The van der Waals surface area contributed by atoms with E-state index in [0.717, 1.165) is 18.5 Å². The van der Waals surface area contributed by atoms with Gasteiger partial charge in [0.05, 0.1) is 11.0 Å². The molecule has 30 heavy (non-hydrogen) atoms. The van der Waals surface area contributed by atoms with Crippen LogP contribution in [0.3, 0.4) is 0 Å². The summed E-state index contributed by atoms with van der Waals surface area (Å²) in [5.41, 5.74) is 3.75. The van der Waals surface area contributed by atoms with Crippen molar-refractivity contribution in [3.8, 4) is 0 Å². The van der Waals surface area contributed by atoms with Crippen LogP contribution < -0.4 is 0 Å². The molecule has 1 aromatic heterocycles. The van der Waals surface area contributed by atoms with E-state index in [0.29, 0.717) is 0 Å². The van der Waals surface area contributed by atoms with Crippen molar-refractivity contribution in [2.24, 2.45) is 0 Å². The molecule has 0 unspecified atom stereocenters. The van der Waals surface area contributed by atoms with Gasteiger partial charge in [-0.2, -0.15) is 0 Å². The lowest BCUT2D eigenvalue weighted by Crippen LogP contribution is -2.05. The minimum absolute atomic E-state index is 0.882. The van der Waals surface area contributed by atoms with Crippen molar-refractivity contribution in [1.29, 1.82) is 0 Å². The van der Waals surface area contributed by atoms with Crippen LogP contribution in [-0.2, 0) is 13.0 Å². The van der Waals surface area contributed by atoms with Crippen molar-refractivity contribution in [2.75, 3.05) is 0 Å². The van der Waals surface area contributed by atoms with Gasteiger partial charge in [0.1, 0.15) is 5.82 Å². The van der Waals surface area contributed by atoms with Gasteiger partial charge in [-0.05, 0) is 34.9 Å². The van der Waals surface area contributed by atoms with Gasteiger partial charge < -0.3 is 4.57 Å². The van der Waals surface area contributed by atoms with Crippen molar-refractivity contribution >= 4 is 21.8 Å². The molecule has 1 heterocycles. The van der Waals surface area contributed by atoms with Crippen LogP contribution in [0.5, 0.6) is 0 Å². The van der Waals surface area contributed by atoms with E-state index < -0.39 is 0 Å². The van der Waals surface area contributed by atoms with Crippen LogP contribution in [0.2, 0.25) is 0 Å². The maximum absolute atomic E-state index is 5.03. The monoisotopic (exact) mass is 398 g/mol. The van der Waals surface area contributed by atoms with E-state index in [2.05, 4.69) is 78.2 Å². The summed E-state index contributed by atoms with van der Waals surface area (Å²) >= 11 is 0. The summed E-state index contributed by atoms with van der Waals surface area (Å²) in [4.78, 5) is 5.03. The molecule has 0 aliphatic carbocycles. The third-order valence-electron chi connectivity index (χ3n) is 6.20. The van der Waals surface area contributed by atoms with Crippen LogP contribution in [0.1, 0.15) is 69.7 Å². The second-order valence-corrected chi connectivity index (χ2v) is 8.46. The number of para-hydroxylation sites is 2. The molecule has 2 nitrogen and oxygen atoms in total. The summed E-state index contributed by atoms with van der Waals surface area (Å²) in [5.74, 6) is 1.19. The zero-order chi connectivity index (χ0) is 20.6. The number of unbranched alkanes of at least 4 members (excludes halogenated alkanes) is 7. The second kappa shape index (κ2) is 10.4. The van der Waals surface area contributed by atoms with Gasteiger partial charge in [-0.1, -0.05) is 106 Å². The Hall–Kier alpha value is -2.61. The fourth-order valence-electron chi connectivity index (χ4n) is 4.53. The van der Waals surface area contributed by atoms with Gasteiger partial charge in [0.25, 0.3) is 0 Å². The quantitative estimate of drug-likeness (QED) is 0.235. The maximum Gasteiger partial charge on any atom is 0.114 e. The molecule has 0 saturated heterocycles. The number of aryl methyl sites for hydroxylation is 1. The van der Waals surface area contributed by atoms with Gasteiger partial charge in [0, 0.05) is 13.0 Å². The summed E-state index contributed by atoms with van der Waals surface area (Å²) in [5, 5.41) is 2.64. The zero-order valence-electron chi connectivity index (χ0n) is 18.3. The van der Waals surface area contributed by atoms with Crippen LogP contribution in [0.15, 0.2) is 66.7 Å². The number of rotatable bonds is 11. The highest BCUT2D eigenvalue weighted by Gasteiger charge is 2.12. The third-order valence-corrected chi connectivity index (χ3v) is 6.20. The highest BCUT2D eigenvalue weighted by atomic mass is 15.1. The Labute approximate surface area is 181 Å². The van der Waals surface area contributed by atoms with Gasteiger partial charge in [-0.25, -0.2) is 4.98 Å². The van der Waals surface area contributed by atoms with Crippen molar-refractivity contribution < 1.29 is 0 Å². The molecule has 3 aromatic carbocycles. The van der Waals surface area contributed by atoms with Gasteiger partial charge >= 0.3 is 0 Å². The second-order valence-electron chi connectivity index (χ2n) is 8.46. The summed E-state index contributed by atoms with van der Waals surface area (Å²) in [6.45, 7) is 3.35. The van der Waals surface area contributed by atoms with E-state index >= 15 is 0 Å². The van der Waals surface area contributed by atoms with Crippen molar-refractivity contribution in [2.45, 2.75) is 71.3 Å². The fourth-order valence-corrected chi connectivity index (χ4v) is 4.53. The summed E-state index contributed by atoms with van der Waals surface area (Å²) in [6, 6.07) is 23.9. The Bertz CT molecular complexity index is 1070. The number of hydrogen-bond acceptors (Lipinski definition) is 1. The lowest BCUT2D eigenvalue weighted by atomic mass is 10.0. The predicted molar refractivity (Wildman–Crippen MR) is 129 cm³/mol. The Balaban J connectivity index is 1.48.